The lowest BCUT2D eigenvalue weighted by molar-refractivity contribution is -0.233. The van der Waals surface area contributed by atoms with Gasteiger partial charge >= 0.3 is 5.97 Å². The summed E-state index contributed by atoms with van der Waals surface area (Å²) >= 11 is 0. The minimum absolute atomic E-state index is 0.116. The zero-order chi connectivity index (χ0) is 17.4. The molecular weight excluding hydrogens is 318 g/mol. The number of fused-ring (bicyclic) bond motifs is 1. The second-order valence-corrected chi connectivity index (χ2v) is 5.94. The molecule has 8 nitrogen and oxygen atoms in total. The van der Waals surface area contributed by atoms with E-state index in [1.54, 1.807) is 6.20 Å². The Labute approximate surface area is 136 Å². The SMILES string of the molecule is O=C(Cc1c[nH]c2ccccc12)OC1[C@@H](O)[C@H](O)C(O)[C@H](O)[C@@H]1O. The molecule has 6 N–H and O–H groups in total. The number of aliphatic hydroxyl groups excluding tert-OH is 5. The summed E-state index contributed by atoms with van der Waals surface area (Å²) in [7, 11) is 0. The average molecular weight is 337 g/mol. The summed E-state index contributed by atoms with van der Waals surface area (Å²) in [6, 6.07) is 7.37. The quantitative estimate of drug-likeness (QED) is 0.372. The standard InChI is InChI=1S/C16H19NO7/c18-10(5-7-6-17-9-4-2-1-3-8(7)9)24-16-14(22)12(20)11(19)13(21)15(16)23/h1-4,6,11-17,19-23H,5H2/t11?,12-,13+,14-,15-,16?/m0/s1. The highest BCUT2D eigenvalue weighted by Gasteiger charge is 2.50. The molecule has 0 amide bonds. The Hall–Kier alpha value is -1.97. The van der Waals surface area contributed by atoms with Crippen LogP contribution in [0.1, 0.15) is 5.56 Å². The summed E-state index contributed by atoms with van der Waals surface area (Å²) in [5, 5.41) is 49.4. The molecule has 1 heterocycles. The Morgan fingerprint density at radius 1 is 0.958 bits per heavy atom. The predicted octanol–water partition coefficient (Wildman–Crippen LogP) is -1.56. The van der Waals surface area contributed by atoms with E-state index >= 15 is 0 Å². The molecule has 1 aliphatic carbocycles. The van der Waals surface area contributed by atoms with Gasteiger partial charge in [0, 0.05) is 17.1 Å². The molecule has 24 heavy (non-hydrogen) atoms. The number of aromatic nitrogens is 1. The normalized spacial score (nSPS) is 33.5. The van der Waals surface area contributed by atoms with Crippen molar-refractivity contribution in [1.82, 2.24) is 4.98 Å². The third-order valence-corrected chi connectivity index (χ3v) is 4.35. The van der Waals surface area contributed by atoms with Crippen molar-refractivity contribution in [3.63, 3.8) is 0 Å². The molecule has 2 unspecified atom stereocenters. The molecule has 1 aromatic carbocycles. The smallest absolute Gasteiger partial charge is 0.310 e. The number of carbonyl (C=O) groups excluding carboxylic acids is 1. The van der Waals surface area contributed by atoms with Crippen molar-refractivity contribution in [3.05, 3.63) is 36.0 Å². The van der Waals surface area contributed by atoms with E-state index in [0.29, 0.717) is 5.56 Å². The molecule has 3 rings (SSSR count). The number of para-hydroxylation sites is 1. The average Bonchev–Trinajstić information content (AvgIpc) is 2.98. The van der Waals surface area contributed by atoms with Gasteiger partial charge in [-0.1, -0.05) is 18.2 Å². The lowest BCUT2D eigenvalue weighted by Crippen LogP contribution is -2.64. The fourth-order valence-corrected chi connectivity index (χ4v) is 2.96. The van der Waals surface area contributed by atoms with Gasteiger partial charge in [-0.05, 0) is 11.6 Å². The maximum atomic E-state index is 12.1. The van der Waals surface area contributed by atoms with Gasteiger partial charge < -0.3 is 35.3 Å². The molecule has 1 aliphatic rings. The molecule has 1 aromatic heterocycles. The number of nitrogens with one attached hydrogen (secondary N) is 1. The van der Waals surface area contributed by atoms with Crippen LogP contribution in [0.5, 0.6) is 0 Å². The van der Waals surface area contributed by atoms with E-state index in [1.165, 1.54) is 0 Å². The van der Waals surface area contributed by atoms with Crippen molar-refractivity contribution in [2.24, 2.45) is 0 Å². The van der Waals surface area contributed by atoms with Gasteiger partial charge in [0.05, 0.1) is 6.42 Å². The minimum atomic E-state index is -1.73. The monoisotopic (exact) mass is 337 g/mol. The molecule has 6 atom stereocenters. The van der Waals surface area contributed by atoms with Crippen molar-refractivity contribution >= 4 is 16.9 Å². The first kappa shape index (κ1) is 16.9. The maximum absolute atomic E-state index is 12.1. The summed E-state index contributed by atoms with van der Waals surface area (Å²) in [5.41, 5.74) is 1.53. The number of hydrogen-bond donors (Lipinski definition) is 6. The molecule has 0 aliphatic heterocycles. The fourth-order valence-electron chi connectivity index (χ4n) is 2.96. The number of aromatic amines is 1. The number of ether oxygens (including phenoxy) is 1. The lowest BCUT2D eigenvalue weighted by atomic mass is 9.85. The molecule has 0 radical (unpaired) electrons. The molecule has 1 fully saturated rings. The Morgan fingerprint density at radius 2 is 1.54 bits per heavy atom. The van der Waals surface area contributed by atoms with E-state index in [4.69, 9.17) is 4.74 Å². The topological polar surface area (TPSA) is 143 Å². The molecule has 0 saturated heterocycles. The minimum Gasteiger partial charge on any atom is -0.456 e. The number of hydrogen-bond acceptors (Lipinski definition) is 7. The number of aliphatic hydroxyl groups is 5. The van der Waals surface area contributed by atoms with E-state index in [9.17, 15) is 30.3 Å². The summed E-state index contributed by atoms with van der Waals surface area (Å²) in [4.78, 5) is 15.1. The highest BCUT2D eigenvalue weighted by atomic mass is 16.6. The van der Waals surface area contributed by atoms with Gasteiger partial charge in [0.2, 0.25) is 0 Å². The molecule has 2 aromatic rings. The number of H-pyrrole nitrogens is 1. The van der Waals surface area contributed by atoms with E-state index in [2.05, 4.69) is 4.98 Å². The van der Waals surface area contributed by atoms with Crippen molar-refractivity contribution in [2.45, 2.75) is 43.0 Å². The van der Waals surface area contributed by atoms with Gasteiger partial charge in [-0.3, -0.25) is 4.79 Å². The fraction of sp³-hybridized carbons (Fsp3) is 0.438. The summed E-state index contributed by atoms with van der Waals surface area (Å²) in [5.74, 6) is -0.737. The van der Waals surface area contributed by atoms with Crippen molar-refractivity contribution in [3.8, 4) is 0 Å². The van der Waals surface area contributed by atoms with Gasteiger partial charge in [0.25, 0.3) is 0 Å². The Morgan fingerprint density at radius 3 is 2.21 bits per heavy atom. The Balaban J connectivity index is 1.72. The van der Waals surface area contributed by atoms with Crippen LogP contribution in [0.4, 0.5) is 0 Å². The van der Waals surface area contributed by atoms with Crippen LogP contribution in [0.25, 0.3) is 10.9 Å². The summed E-state index contributed by atoms with van der Waals surface area (Å²) < 4.78 is 5.04. The van der Waals surface area contributed by atoms with E-state index in [0.717, 1.165) is 10.9 Å². The van der Waals surface area contributed by atoms with Crippen LogP contribution in [0.15, 0.2) is 30.5 Å². The highest BCUT2D eigenvalue weighted by molar-refractivity contribution is 5.87. The summed E-state index contributed by atoms with van der Waals surface area (Å²) in [6.07, 6.45) is -8.57. The van der Waals surface area contributed by atoms with Crippen molar-refractivity contribution in [1.29, 1.82) is 0 Å². The first-order valence-electron chi connectivity index (χ1n) is 7.55. The van der Waals surface area contributed by atoms with E-state index in [-0.39, 0.29) is 6.42 Å². The van der Waals surface area contributed by atoms with E-state index < -0.39 is 42.6 Å². The van der Waals surface area contributed by atoms with E-state index in [1.807, 2.05) is 24.3 Å². The maximum Gasteiger partial charge on any atom is 0.310 e. The predicted molar refractivity (Wildman–Crippen MR) is 81.9 cm³/mol. The van der Waals surface area contributed by atoms with Gasteiger partial charge in [0.15, 0.2) is 6.10 Å². The Kier molecular flexibility index (Phi) is 4.57. The van der Waals surface area contributed by atoms with Crippen molar-refractivity contribution in [2.75, 3.05) is 0 Å². The lowest BCUT2D eigenvalue weighted by Gasteiger charge is -2.41. The number of rotatable bonds is 3. The molecule has 1 saturated carbocycles. The van der Waals surface area contributed by atoms with Crippen LogP contribution in [0.2, 0.25) is 0 Å². The molecule has 8 heteroatoms. The second kappa shape index (κ2) is 6.50. The third-order valence-electron chi connectivity index (χ3n) is 4.35. The first-order chi connectivity index (χ1) is 11.4. The van der Waals surface area contributed by atoms with Gasteiger partial charge in [-0.2, -0.15) is 0 Å². The van der Waals surface area contributed by atoms with Gasteiger partial charge in [-0.25, -0.2) is 0 Å². The number of carbonyl (C=O) groups is 1. The van der Waals surface area contributed by atoms with Crippen LogP contribution in [0.3, 0.4) is 0 Å². The number of esters is 1. The molecule has 0 bridgehead atoms. The zero-order valence-electron chi connectivity index (χ0n) is 12.6. The number of benzene rings is 1. The first-order valence-corrected chi connectivity index (χ1v) is 7.55. The van der Waals surface area contributed by atoms with Gasteiger partial charge in [-0.15, -0.1) is 0 Å². The Bertz CT molecular complexity index is 714. The van der Waals surface area contributed by atoms with Crippen LogP contribution in [-0.2, 0) is 16.0 Å². The van der Waals surface area contributed by atoms with Crippen LogP contribution in [-0.4, -0.2) is 73.1 Å². The van der Waals surface area contributed by atoms with Crippen LogP contribution in [0, 0.1) is 0 Å². The zero-order valence-corrected chi connectivity index (χ0v) is 12.6. The van der Waals surface area contributed by atoms with Crippen LogP contribution >= 0.6 is 0 Å². The molecule has 0 spiro atoms. The van der Waals surface area contributed by atoms with Crippen molar-refractivity contribution < 1.29 is 35.1 Å². The summed E-state index contributed by atoms with van der Waals surface area (Å²) in [6.45, 7) is 0. The molecule has 130 valence electrons. The molecular formula is C16H19NO7. The second-order valence-electron chi connectivity index (χ2n) is 5.94. The van der Waals surface area contributed by atoms with Crippen LogP contribution < -0.4 is 0 Å². The largest absolute Gasteiger partial charge is 0.456 e. The third kappa shape index (κ3) is 2.90. The highest BCUT2D eigenvalue weighted by Crippen LogP contribution is 2.25. The van der Waals surface area contributed by atoms with Gasteiger partial charge in [0.1, 0.15) is 30.5 Å².